The quantitative estimate of drug-likeness (QED) is 0.844. The number of aromatic nitrogens is 1. The molecule has 3 heterocycles. The van der Waals surface area contributed by atoms with E-state index in [0.717, 1.165) is 12.5 Å². The fourth-order valence-electron chi connectivity index (χ4n) is 3.53. The molecule has 0 amide bonds. The van der Waals surface area contributed by atoms with Crippen LogP contribution in [0.15, 0.2) is 24.5 Å². The van der Waals surface area contributed by atoms with Crippen LogP contribution in [0.4, 0.5) is 0 Å². The van der Waals surface area contributed by atoms with Crippen LogP contribution in [-0.2, 0) is 11.2 Å². The van der Waals surface area contributed by atoms with Crippen LogP contribution in [0.5, 0.6) is 0 Å². The van der Waals surface area contributed by atoms with E-state index >= 15 is 0 Å². The molecule has 3 rings (SSSR count). The van der Waals surface area contributed by atoms with Crippen molar-refractivity contribution in [3.63, 3.8) is 0 Å². The average molecular weight is 274 g/mol. The maximum Gasteiger partial charge on any atom is 0.0706 e. The third kappa shape index (κ3) is 3.80. The highest BCUT2D eigenvalue weighted by atomic mass is 16.5. The molecule has 2 aliphatic heterocycles. The van der Waals surface area contributed by atoms with Crippen molar-refractivity contribution in [1.29, 1.82) is 0 Å². The van der Waals surface area contributed by atoms with Gasteiger partial charge in [0, 0.05) is 18.9 Å². The van der Waals surface area contributed by atoms with Crippen LogP contribution in [0.1, 0.15) is 38.2 Å². The highest BCUT2D eigenvalue weighted by Gasteiger charge is 2.26. The first-order valence-corrected chi connectivity index (χ1v) is 8.06. The maximum atomic E-state index is 5.94. The summed E-state index contributed by atoms with van der Waals surface area (Å²) in [5.74, 6) is 0.832. The van der Waals surface area contributed by atoms with Gasteiger partial charge in [-0.25, -0.2) is 0 Å². The molecule has 0 aromatic carbocycles. The Hall–Kier alpha value is -0.930. The summed E-state index contributed by atoms with van der Waals surface area (Å²) in [4.78, 5) is 6.81. The van der Waals surface area contributed by atoms with Crippen molar-refractivity contribution in [2.75, 3.05) is 19.6 Å². The summed E-state index contributed by atoms with van der Waals surface area (Å²) in [5.41, 5.74) is 1.39. The number of likely N-dealkylation sites (tertiary alicyclic amines) is 1. The smallest absolute Gasteiger partial charge is 0.0706 e. The molecule has 0 bridgehead atoms. The Morgan fingerprint density at radius 2 is 2.10 bits per heavy atom. The maximum absolute atomic E-state index is 5.94. The van der Waals surface area contributed by atoms with Gasteiger partial charge in [-0.2, -0.15) is 0 Å². The Kier molecular flexibility index (Phi) is 4.69. The first-order chi connectivity index (χ1) is 9.79. The van der Waals surface area contributed by atoms with Gasteiger partial charge in [-0.3, -0.25) is 4.98 Å². The zero-order valence-electron chi connectivity index (χ0n) is 12.5. The monoisotopic (exact) mass is 274 g/mol. The van der Waals surface area contributed by atoms with E-state index in [4.69, 9.17) is 4.74 Å². The second-order valence-electron chi connectivity index (χ2n) is 6.46. The van der Waals surface area contributed by atoms with Crippen molar-refractivity contribution >= 4 is 0 Å². The lowest BCUT2D eigenvalue weighted by Gasteiger charge is -2.33. The molecule has 1 aromatic heterocycles. The summed E-state index contributed by atoms with van der Waals surface area (Å²) in [6.07, 6.45) is 11.1. The van der Waals surface area contributed by atoms with Gasteiger partial charge >= 0.3 is 0 Å². The number of pyridine rings is 1. The third-order valence-electron chi connectivity index (χ3n) is 4.74. The zero-order chi connectivity index (χ0) is 13.8. The van der Waals surface area contributed by atoms with E-state index in [9.17, 15) is 0 Å². The van der Waals surface area contributed by atoms with Crippen LogP contribution in [0.2, 0.25) is 0 Å². The number of rotatable bonds is 4. The van der Waals surface area contributed by atoms with Gasteiger partial charge in [-0.1, -0.05) is 6.07 Å². The molecule has 2 fully saturated rings. The van der Waals surface area contributed by atoms with Gasteiger partial charge in [0.25, 0.3) is 0 Å². The summed E-state index contributed by atoms with van der Waals surface area (Å²) in [7, 11) is 0. The van der Waals surface area contributed by atoms with Crippen molar-refractivity contribution in [1.82, 2.24) is 9.88 Å². The van der Waals surface area contributed by atoms with Crippen molar-refractivity contribution in [3.05, 3.63) is 30.1 Å². The lowest BCUT2D eigenvalue weighted by molar-refractivity contribution is 0.0239. The topological polar surface area (TPSA) is 25.4 Å². The SMILES string of the molecule is C[C@@H]1CC[C@@H](CN2CCC(Cc3cccnc3)CC2)O1. The highest BCUT2D eigenvalue weighted by Crippen LogP contribution is 2.24. The average Bonchev–Trinajstić information content (AvgIpc) is 2.88. The van der Waals surface area contributed by atoms with E-state index in [1.54, 1.807) is 0 Å². The molecule has 3 nitrogen and oxygen atoms in total. The number of piperidine rings is 1. The highest BCUT2D eigenvalue weighted by molar-refractivity contribution is 5.09. The van der Waals surface area contributed by atoms with Gasteiger partial charge in [0.05, 0.1) is 12.2 Å². The van der Waals surface area contributed by atoms with Crippen molar-refractivity contribution in [2.24, 2.45) is 5.92 Å². The van der Waals surface area contributed by atoms with Crippen molar-refractivity contribution in [3.8, 4) is 0 Å². The Balaban J connectivity index is 1.41. The largest absolute Gasteiger partial charge is 0.374 e. The number of nitrogens with zero attached hydrogens (tertiary/aromatic N) is 2. The van der Waals surface area contributed by atoms with Crippen LogP contribution >= 0.6 is 0 Å². The Labute approximate surface area is 122 Å². The van der Waals surface area contributed by atoms with Crippen LogP contribution < -0.4 is 0 Å². The van der Waals surface area contributed by atoms with Crippen LogP contribution in [-0.4, -0.2) is 41.7 Å². The van der Waals surface area contributed by atoms with E-state index in [-0.39, 0.29) is 0 Å². The van der Waals surface area contributed by atoms with E-state index in [1.807, 2.05) is 18.5 Å². The minimum absolute atomic E-state index is 0.475. The van der Waals surface area contributed by atoms with Gasteiger partial charge in [0.2, 0.25) is 0 Å². The van der Waals surface area contributed by atoms with Gasteiger partial charge in [-0.05, 0) is 69.7 Å². The number of hydrogen-bond acceptors (Lipinski definition) is 3. The molecule has 0 saturated carbocycles. The standard InChI is InChI=1S/C17H26N2O/c1-14-4-5-17(20-14)13-19-9-6-15(7-10-19)11-16-3-2-8-18-12-16/h2-3,8,12,14-15,17H,4-7,9-11,13H2,1H3/t14-,17+/m1/s1. The minimum Gasteiger partial charge on any atom is -0.374 e. The predicted octanol–water partition coefficient (Wildman–Crippen LogP) is 2.90. The summed E-state index contributed by atoms with van der Waals surface area (Å²) in [5, 5.41) is 0. The molecular weight excluding hydrogens is 248 g/mol. The van der Waals surface area contributed by atoms with Gasteiger partial charge < -0.3 is 9.64 Å². The Morgan fingerprint density at radius 3 is 2.75 bits per heavy atom. The van der Waals surface area contributed by atoms with E-state index in [0.29, 0.717) is 12.2 Å². The molecule has 2 aliphatic rings. The molecular formula is C17H26N2O. The van der Waals surface area contributed by atoms with Gasteiger partial charge in [-0.15, -0.1) is 0 Å². The fourth-order valence-corrected chi connectivity index (χ4v) is 3.53. The Morgan fingerprint density at radius 1 is 1.25 bits per heavy atom. The second kappa shape index (κ2) is 6.68. The zero-order valence-corrected chi connectivity index (χ0v) is 12.5. The van der Waals surface area contributed by atoms with E-state index in [1.165, 1.54) is 50.8 Å². The minimum atomic E-state index is 0.475. The Bertz CT molecular complexity index is 401. The molecule has 0 unspecified atom stereocenters. The summed E-state index contributed by atoms with van der Waals surface area (Å²) >= 11 is 0. The van der Waals surface area contributed by atoms with Gasteiger partial charge in [0.15, 0.2) is 0 Å². The first kappa shape index (κ1) is 14.0. The second-order valence-corrected chi connectivity index (χ2v) is 6.46. The molecule has 0 N–H and O–H groups in total. The molecule has 110 valence electrons. The van der Waals surface area contributed by atoms with Crippen molar-refractivity contribution in [2.45, 2.75) is 51.2 Å². The van der Waals surface area contributed by atoms with E-state index in [2.05, 4.69) is 22.9 Å². The van der Waals surface area contributed by atoms with Gasteiger partial charge in [0.1, 0.15) is 0 Å². The van der Waals surface area contributed by atoms with Crippen LogP contribution in [0.3, 0.4) is 0 Å². The number of hydrogen-bond donors (Lipinski definition) is 0. The summed E-state index contributed by atoms with van der Waals surface area (Å²) in [6.45, 7) is 5.81. The first-order valence-electron chi connectivity index (χ1n) is 8.06. The molecule has 1 aromatic rings. The molecule has 0 spiro atoms. The van der Waals surface area contributed by atoms with Crippen molar-refractivity contribution < 1.29 is 4.74 Å². The fraction of sp³-hybridized carbons (Fsp3) is 0.706. The van der Waals surface area contributed by atoms with Crippen LogP contribution in [0.25, 0.3) is 0 Å². The predicted molar refractivity (Wildman–Crippen MR) is 80.7 cm³/mol. The molecule has 0 aliphatic carbocycles. The lowest BCUT2D eigenvalue weighted by Crippen LogP contribution is -2.39. The molecule has 2 atom stereocenters. The molecule has 2 saturated heterocycles. The number of ether oxygens (including phenoxy) is 1. The lowest BCUT2D eigenvalue weighted by atomic mass is 9.90. The van der Waals surface area contributed by atoms with Crippen LogP contribution in [0, 0.1) is 5.92 Å². The summed E-state index contributed by atoms with van der Waals surface area (Å²) < 4.78 is 5.94. The molecule has 20 heavy (non-hydrogen) atoms. The molecule has 0 radical (unpaired) electrons. The normalized spacial score (nSPS) is 28.9. The third-order valence-corrected chi connectivity index (χ3v) is 4.74. The summed E-state index contributed by atoms with van der Waals surface area (Å²) in [6, 6.07) is 4.25. The van der Waals surface area contributed by atoms with E-state index < -0.39 is 0 Å². The molecule has 3 heteroatoms.